The Kier molecular flexibility index (Phi) is 41.0. The van der Waals surface area contributed by atoms with Crippen molar-refractivity contribution < 1.29 is 134 Å². The van der Waals surface area contributed by atoms with Gasteiger partial charge in [-0.25, -0.2) is 14.4 Å². The molecule has 43 heteroatoms. The molecule has 1 heterocycles. The van der Waals surface area contributed by atoms with E-state index in [9.17, 15) is 99.5 Å². The van der Waals surface area contributed by atoms with Crippen molar-refractivity contribution in [2.45, 2.75) is 218 Å². The Morgan fingerprint density at radius 3 is 1.60 bits per heavy atom. The summed E-state index contributed by atoms with van der Waals surface area (Å²) >= 11 is 0. The number of ether oxygens (including phenoxy) is 2. The van der Waals surface area contributed by atoms with Crippen LogP contribution in [0.1, 0.15) is 127 Å². The van der Waals surface area contributed by atoms with Crippen LogP contribution in [-0.2, 0) is 76.6 Å². The number of carbonyl (C=O) groups is 14. The number of rotatable bonds is 23. The predicted octanol–water partition coefficient (Wildman–Crippen LogP) is -4.40. The summed E-state index contributed by atoms with van der Waals surface area (Å²) < 4.78 is 75.1. The summed E-state index contributed by atoms with van der Waals surface area (Å²) in [5.74, 6) is -23.0. The van der Waals surface area contributed by atoms with Gasteiger partial charge in [-0.1, -0.05) is 92.1 Å². The van der Waals surface area contributed by atoms with Crippen LogP contribution < -0.4 is 76.1 Å². The second-order valence-corrected chi connectivity index (χ2v) is 26.5. The first kappa shape index (κ1) is 96.4. The van der Waals surface area contributed by atoms with Gasteiger partial charge >= 0.3 is 30.3 Å². The largest absolute Gasteiger partial charge is 0.490 e. The first-order valence-corrected chi connectivity index (χ1v) is 33.0. The van der Waals surface area contributed by atoms with Crippen molar-refractivity contribution in [3.8, 4) is 0 Å². The summed E-state index contributed by atoms with van der Waals surface area (Å²) in [5, 5.41) is 82.3. The number of carboxylic acids is 2. The third kappa shape index (κ3) is 35.5. The highest BCUT2D eigenvalue weighted by molar-refractivity contribution is 6.00. The number of nitrogens with zero attached hydrogens (tertiary/aromatic N) is 1. The number of nitrogens with two attached hydrogens (primary N) is 4. The Labute approximate surface area is 605 Å². The Bertz CT molecular complexity index is 3140. The van der Waals surface area contributed by atoms with Gasteiger partial charge in [-0.05, 0) is 82.6 Å². The predicted molar refractivity (Wildman–Crippen MR) is 360 cm³/mol. The monoisotopic (exact) mass is 1530 g/mol. The fourth-order valence-electron chi connectivity index (χ4n) is 9.05. The summed E-state index contributed by atoms with van der Waals surface area (Å²) in [7, 11) is 0. The van der Waals surface area contributed by atoms with Crippen molar-refractivity contribution in [1.82, 2.24) is 53.2 Å². The SMILES string of the molecule is CC[C@H](C)C1NC(=O)[C@@H](CCCN=C(N)N)NC(=O)[C@H](CC(C)C)NC(=O)[C@H]([C@H](O)C(C)C)NC(=O)[C@@H](NC(=O)[C@H](CC(C)C)NC(=O)[C@H](N)COC(C)(C)C)[C@@H](c2ccccc2)OC(=O)[C@H](CO)NC(=O)[C@H]([C@H](O)C(N)=O)NC(=O)CNC(=O)C([C@H](C)O)NC1=O.O=C(O)C(F)(F)F.O=C(O)C(F)(F)F. The number of aliphatic carboxylic acids is 2. The van der Waals surface area contributed by atoms with Gasteiger partial charge in [0.2, 0.25) is 65.0 Å². The number of primary amides is 1. The van der Waals surface area contributed by atoms with Crippen molar-refractivity contribution in [1.29, 1.82) is 0 Å². The molecule has 1 saturated heterocycles. The number of carbonyl (C=O) groups excluding carboxylic acids is 12. The smallest absolute Gasteiger partial charge is 0.475 e. The van der Waals surface area contributed by atoms with Gasteiger partial charge in [0.25, 0.3) is 0 Å². The fraction of sp³-hybridized carbons (Fsp3) is 0.667. The average molecular weight is 1530 g/mol. The number of esters is 1. The number of carboxylic acid groups (broad SMARTS) is 2. The molecule has 15 atom stereocenters. The summed E-state index contributed by atoms with van der Waals surface area (Å²) in [6.07, 6.45) is -18.5. The van der Waals surface area contributed by atoms with Crippen molar-refractivity contribution in [3.63, 3.8) is 0 Å². The van der Waals surface area contributed by atoms with Crippen LogP contribution in [0.2, 0.25) is 0 Å². The van der Waals surface area contributed by atoms with Gasteiger partial charge in [-0.2, -0.15) is 26.3 Å². The number of aliphatic imine (C=N–C) groups is 1. The van der Waals surface area contributed by atoms with Gasteiger partial charge in [-0.15, -0.1) is 0 Å². The minimum Gasteiger partial charge on any atom is -0.475 e. The van der Waals surface area contributed by atoms with Crippen LogP contribution in [-0.4, -0.2) is 242 Å². The van der Waals surface area contributed by atoms with Gasteiger partial charge in [0.1, 0.15) is 54.4 Å². The van der Waals surface area contributed by atoms with E-state index in [0.29, 0.717) is 0 Å². The fourth-order valence-corrected chi connectivity index (χ4v) is 9.05. The Morgan fingerprint density at radius 1 is 0.651 bits per heavy atom. The molecule has 37 nitrogen and oxygen atoms in total. The number of benzene rings is 1. The van der Waals surface area contributed by atoms with Gasteiger partial charge < -0.3 is 116 Å². The van der Waals surface area contributed by atoms with Crippen LogP contribution in [0.3, 0.4) is 0 Å². The quantitative estimate of drug-likeness (QED) is 0.0162. The molecule has 2 rings (SSSR count). The van der Waals surface area contributed by atoms with Crippen molar-refractivity contribution in [3.05, 3.63) is 35.9 Å². The molecule has 1 aliphatic heterocycles. The number of hydrogen-bond acceptors (Lipinski definition) is 22. The maximum Gasteiger partial charge on any atom is 0.490 e. The standard InChI is InChI=1S/C59H99N15O18.2C2HF3O2/c1-13-30(8)39-53(86)72-40(31(9)76)52(85)65-24-38(77)70-42(45(79)47(61)80)55(88)69-37(25-75)57(90)92-46(32-18-15-14-16-19-32)43(74-51(84)36(23-28(4)5)67-48(81)33(60)26-91-59(10,11)12)56(89)73-41(44(78)29(6)7)54(87)68-35(22-27(2)3)50(83)66-34(49(82)71-39)20-17-21-64-58(62)63;2*3-2(4,5)1(6)7/h14-16,18-19,27-31,33-37,39-46,75-76,78-79H,13,17,20-26,60H2,1-12H3,(H2,61,80)(H,65,85)(H,66,83)(H,67,81)(H,68,87)(H,69,88)(H,70,77)(H,71,82)(H,72,86)(H,73,89)(H,74,84)(H4,62,63,64);2*(H,6,7)/t30-,31-,33+,34+,35-,36-,37-,39?,40?,41-,42-,43-,44+,45-,46+;;/m0../s1. The second kappa shape index (κ2) is 45.0. The lowest BCUT2D eigenvalue weighted by Gasteiger charge is -2.34. The summed E-state index contributed by atoms with van der Waals surface area (Å²) in [5.41, 5.74) is 21.8. The average Bonchev–Trinajstić information content (AvgIpc) is 0.812. The minimum atomic E-state index is -5.08. The molecule has 0 aliphatic carbocycles. The molecule has 0 bridgehead atoms. The molecule has 1 aromatic rings. The third-order valence-corrected chi connectivity index (χ3v) is 14.9. The van der Waals surface area contributed by atoms with Crippen LogP contribution in [0, 0.1) is 23.7 Å². The zero-order valence-electron chi connectivity index (χ0n) is 60.4. The lowest BCUT2D eigenvalue weighted by atomic mass is 9.95. The molecule has 11 amide bonds. The molecular formula is C63H101F6N15O22. The molecule has 0 aromatic heterocycles. The maximum atomic E-state index is 15.4. The van der Waals surface area contributed by atoms with Crippen molar-refractivity contribution in [2.75, 3.05) is 26.3 Å². The number of aliphatic hydroxyl groups is 4. The zero-order chi connectivity index (χ0) is 82.2. The normalized spacial score (nSPS) is 22.8. The lowest BCUT2D eigenvalue weighted by molar-refractivity contribution is -0.193. The second-order valence-electron chi connectivity index (χ2n) is 26.5. The summed E-state index contributed by atoms with van der Waals surface area (Å²) in [6.45, 7) is 16.5. The van der Waals surface area contributed by atoms with Gasteiger partial charge in [0, 0.05) is 6.54 Å². The highest BCUT2D eigenvalue weighted by atomic mass is 19.4. The van der Waals surface area contributed by atoms with E-state index in [2.05, 4.69) is 47.5 Å². The number of hydrogen-bond donors (Lipinski definition) is 20. The highest BCUT2D eigenvalue weighted by Crippen LogP contribution is 2.25. The topological polar surface area (TPSA) is 616 Å². The maximum absolute atomic E-state index is 15.4. The first-order valence-electron chi connectivity index (χ1n) is 33.0. The van der Waals surface area contributed by atoms with E-state index in [0.717, 1.165) is 6.92 Å². The Morgan fingerprint density at radius 2 is 1.14 bits per heavy atom. The van der Waals surface area contributed by atoms with Crippen molar-refractivity contribution >= 4 is 88.8 Å². The number of amides is 11. The van der Waals surface area contributed by atoms with Crippen LogP contribution >= 0.6 is 0 Å². The number of cyclic esters (lactones) is 1. The number of nitrogens with one attached hydrogen (secondary N) is 10. The molecule has 0 saturated carbocycles. The first-order chi connectivity index (χ1) is 48.7. The van der Waals surface area contributed by atoms with Crippen LogP contribution in [0.15, 0.2) is 35.3 Å². The molecule has 106 heavy (non-hydrogen) atoms. The van der Waals surface area contributed by atoms with Crippen LogP contribution in [0.5, 0.6) is 0 Å². The molecular weight excluding hydrogens is 1430 g/mol. The minimum absolute atomic E-state index is 0.0410. The summed E-state index contributed by atoms with van der Waals surface area (Å²) in [4.78, 5) is 192. The van der Waals surface area contributed by atoms with E-state index in [1.807, 2.05) is 10.6 Å². The molecule has 602 valence electrons. The highest BCUT2D eigenvalue weighted by Gasteiger charge is 2.45. The number of alkyl halides is 6. The molecule has 1 aromatic carbocycles. The molecule has 2 unspecified atom stereocenters. The van der Waals surface area contributed by atoms with Gasteiger partial charge in [0.15, 0.2) is 24.2 Å². The number of aliphatic hydroxyl groups excluding tert-OH is 4. The summed E-state index contributed by atoms with van der Waals surface area (Å²) in [6, 6.07) is -11.2. The van der Waals surface area contributed by atoms with Crippen molar-refractivity contribution in [2.24, 2.45) is 51.6 Å². The molecule has 0 radical (unpaired) electrons. The van der Waals surface area contributed by atoms with E-state index >= 15 is 4.79 Å². The van der Waals surface area contributed by atoms with E-state index < -0.39 is 217 Å². The molecule has 1 aliphatic rings. The van der Waals surface area contributed by atoms with E-state index in [1.54, 1.807) is 62.3 Å². The van der Waals surface area contributed by atoms with E-state index in [1.165, 1.54) is 44.2 Å². The Balaban J connectivity index is 0.00000710. The lowest BCUT2D eigenvalue weighted by Crippen LogP contribution is -2.64. The third-order valence-electron chi connectivity index (χ3n) is 14.9. The van der Waals surface area contributed by atoms with Crippen LogP contribution in [0.4, 0.5) is 26.3 Å². The molecule has 0 spiro atoms. The number of guanidine groups is 1. The van der Waals surface area contributed by atoms with E-state index in [-0.39, 0.29) is 62.7 Å². The number of halogens is 6. The van der Waals surface area contributed by atoms with Crippen LogP contribution in [0.25, 0.3) is 0 Å². The molecule has 1 fully saturated rings. The van der Waals surface area contributed by atoms with E-state index in [4.69, 9.17) is 52.2 Å². The van der Waals surface area contributed by atoms with Gasteiger partial charge in [-0.3, -0.25) is 57.7 Å². The zero-order valence-corrected chi connectivity index (χ0v) is 60.4. The van der Waals surface area contributed by atoms with Gasteiger partial charge in [0.05, 0.1) is 37.6 Å². The Hall–Kier alpha value is -9.59. The molecule has 24 N–H and O–H groups in total.